The summed E-state index contributed by atoms with van der Waals surface area (Å²) < 4.78 is 16.4. The summed E-state index contributed by atoms with van der Waals surface area (Å²) in [5.74, 6) is 1.85. The fourth-order valence-electron chi connectivity index (χ4n) is 2.91. The average molecular weight is 360 g/mol. The Kier molecular flexibility index (Phi) is 4.53. The van der Waals surface area contributed by atoms with E-state index < -0.39 is 0 Å². The third-order valence-electron chi connectivity index (χ3n) is 4.22. The van der Waals surface area contributed by atoms with Crippen molar-refractivity contribution in [3.63, 3.8) is 0 Å². The van der Waals surface area contributed by atoms with Crippen molar-refractivity contribution in [2.45, 2.75) is 6.61 Å². The topological polar surface area (TPSA) is 74.5 Å². The Morgan fingerprint density at radius 2 is 1.81 bits per heavy atom. The molecule has 134 valence electrons. The number of benzene rings is 3. The Balaban J connectivity index is 1.57. The van der Waals surface area contributed by atoms with Crippen molar-refractivity contribution in [3.8, 4) is 22.9 Å². The zero-order chi connectivity index (χ0) is 18.6. The minimum Gasteiger partial charge on any atom is -0.496 e. The normalized spacial score (nSPS) is 10.7. The number of hydrogen-bond donors (Lipinski definition) is 0. The average Bonchev–Trinajstić information content (AvgIpc) is 3.20. The molecule has 0 saturated heterocycles. The predicted molar refractivity (Wildman–Crippen MR) is 100.0 cm³/mol. The van der Waals surface area contributed by atoms with Gasteiger partial charge in [0.2, 0.25) is 5.82 Å². The van der Waals surface area contributed by atoms with E-state index in [1.165, 1.54) is 0 Å². The van der Waals surface area contributed by atoms with E-state index in [9.17, 15) is 4.79 Å². The van der Waals surface area contributed by atoms with Crippen LogP contribution in [0.15, 0.2) is 65.2 Å². The molecule has 1 heterocycles. The molecule has 0 bridgehead atoms. The molecule has 0 radical (unpaired) electrons. The molecule has 0 aliphatic carbocycles. The van der Waals surface area contributed by atoms with E-state index in [2.05, 4.69) is 10.1 Å². The maximum absolute atomic E-state index is 11.6. The minimum absolute atomic E-state index is 0.0569. The van der Waals surface area contributed by atoms with Gasteiger partial charge in [0.1, 0.15) is 11.5 Å². The molecule has 0 aliphatic heterocycles. The van der Waals surface area contributed by atoms with Crippen LogP contribution >= 0.6 is 0 Å². The van der Waals surface area contributed by atoms with Crippen LogP contribution in [-0.2, 0) is 6.61 Å². The van der Waals surface area contributed by atoms with Gasteiger partial charge in [-0.05, 0) is 29.0 Å². The lowest BCUT2D eigenvalue weighted by molar-refractivity contribution is 0.111. The van der Waals surface area contributed by atoms with Crippen LogP contribution in [0.3, 0.4) is 0 Å². The summed E-state index contributed by atoms with van der Waals surface area (Å²) in [5.41, 5.74) is 1.23. The van der Waals surface area contributed by atoms with Crippen molar-refractivity contribution in [2.75, 3.05) is 7.11 Å². The van der Waals surface area contributed by atoms with Crippen LogP contribution < -0.4 is 9.47 Å². The zero-order valence-corrected chi connectivity index (χ0v) is 14.6. The van der Waals surface area contributed by atoms with Gasteiger partial charge in [0.15, 0.2) is 12.9 Å². The molecular weight excluding hydrogens is 344 g/mol. The van der Waals surface area contributed by atoms with Gasteiger partial charge in [-0.2, -0.15) is 4.98 Å². The number of aromatic nitrogens is 2. The second-order valence-electron chi connectivity index (χ2n) is 5.82. The molecule has 0 aliphatic rings. The number of nitrogens with zero attached hydrogens (tertiary/aromatic N) is 2. The Bertz CT molecular complexity index is 1100. The van der Waals surface area contributed by atoms with Gasteiger partial charge in [-0.25, -0.2) is 0 Å². The van der Waals surface area contributed by atoms with Crippen molar-refractivity contribution >= 4 is 17.1 Å². The van der Waals surface area contributed by atoms with Gasteiger partial charge in [0, 0.05) is 0 Å². The number of carbonyl (C=O) groups is 1. The summed E-state index contributed by atoms with van der Waals surface area (Å²) >= 11 is 0. The summed E-state index contributed by atoms with van der Waals surface area (Å²) in [4.78, 5) is 15.9. The van der Waals surface area contributed by atoms with E-state index in [-0.39, 0.29) is 6.61 Å². The van der Waals surface area contributed by atoms with Gasteiger partial charge in [-0.1, -0.05) is 47.6 Å². The number of methoxy groups -OCH3 is 1. The Morgan fingerprint density at radius 1 is 1.00 bits per heavy atom. The van der Waals surface area contributed by atoms with Crippen molar-refractivity contribution in [1.29, 1.82) is 0 Å². The van der Waals surface area contributed by atoms with Gasteiger partial charge in [-0.15, -0.1) is 0 Å². The number of fused-ring (bicyclic) bond motifs is 1. The molecule has 4 aromatic rings. The number of rotatable bonds is 6. The highest BCUT2D eigenvalue weighted by Gasteiger charge is 2.14. The molecule has 0 amide bonds. The maximum Gasteiger partial charge on any atom is 0.264 e. The summed E-state index contributed by atoms with van der Waals surface area (Å²) in [6.45, 7) is 0.0569. The first kappa shape index (κ1) is 16.8. The predicted octanol–water partition coefficient (Wildman–Crippen LogP) is 4.29. The molecule has 27 heavy (non-hydrogen) atoms. The molecule has 0 atom stereocenters. The van der Waals surface area contributed by atoms with E-state index in [0.29, 0.717) is 28.8 Å². The molecule has 0 spiro atoms. The summed E-state index contributed by atoms with van der Waals surface area (Å²) in [6, 6.07) is 18.7. The number of ether oxygens (including phenoxy) is 2. The Labute approximate surface area is 155 Å². The molecule has 6 heteroatoms. The van der Waals surface area contributed by atoms with Gasteiger partial charge in [0.25, 0.3) is 5.89 Å². The van der Waals surface area contributed by atoms with Crippen molar-refractivity contribution in [3.05, 3.63) is 72.1 Å². The molecule has 3 aromatic carbocycles. The van der Waals surface area contributed by atoms with E-state index in [4.69, 9.17) is 14.0 Å². The Morgan fingerprint density at radius 3 is 2.67 bits per heavy atom. The van der Waals surface area contributed by atoms with Crippen LogP contribution in [0.1, 0.15) is 16.2 Å². The van der Waals surface area contributed by atoms with E-state index in [1.54, 1.807) is 13.2 Å². The fourth-order valence-corrected chi connectivity index (χ4v) is 2.91. The summed E-state index contributed by atoms with van der Waals surface area (Å²) in [7, 11) is 1.59. The molecule has 4 rings (SSSR count). The van der Waals surface area contributed by atoms with Crippen LogP contribution in [0.4, 0.5) is 0 Å². The van der Waals surface area contributed by atoms with Crippen LogP contribution in [-0.4, -0.2) is 23.5 Å². The highest BCUT2D eigenvalue weighted by atomic mass is 16.5. The molecule has 0 unspecified atom stereocenters. The van der Waals surface area contributed by atoms with Crippen LogP contribution in [0.25, 0.3) is 22.2 Å². The highest BCUT2D eigenvalue weighted by molar-refractivity contribution is 6.00. The van der Waals surface area contributed by atoms with Crippen LogP contribution in [0.5, 0.6) is 11.5 Å². The lowest BCUT2D eigenvalue weighted by Gasteiger charge is -2.09. The van der Waals surface area contributed by atoms with Crippen LogP contribution in [0, 0.1) is 0 Å². The summed E-state index contributed by atoms with van der Waals surface area (Å²) in [6.07, 6.45) is 0.797. The van der Waals surface area contributed by atoms with Crippen molar-refractivity contribution in [1.82, 2.24) is 10.1 Å². The monoisotopic (exact) mass is 360 g/mol. The largest absolute Gasteiger partial charge is 0.496 e. The number of carbonyl (C=O) groups excluding carboxylic acids is 1. The van der Waals surface area contributed by atoms with Gasteiger partial charge < -0.3 is 14.0 Å². The first-order chi connectivity index (χ1) is 13.3. The molecule has 6 nitrogen and oxygen atoms in total. The van der Waals surface area contributed by atoms with E-state index >= 15 is 0 Å². The zero-order valence-electron chi connectivity index (χ0n) is 14.6. The van der Waals surface area contributed by atoms with E-state index in [1.807, 2.05) is 54.6 Å². The van der Waals surface area contributed by atoms with Crippen molar-refractivity contribution < 1.29 is 18.8 Å². The van der Waals surface area contributed by atoms with Crippen LogP contribution in [0.2, 0.25) is 0 Å². The first-order valence-corrected chi connectivity index (χ1v) is 8.36. The molecule has 1 aromatic heterocycles. The minimum atomic E-state index is 0.0569. The number of para-hydroxylation sites is 1. The third kappa shape index (κ3) is 3.25. The molecule has 0 saturated carbocycles. The molecular formula is C21H16N2O4. The van der Waals surface area contributed by atoms with Gasteiger partial charge >= 0.3 is 0 Å². The number of hydrogen-bond acceptors (Lipinski definition) is 6. The lowest BCUT2D eigenvalue weighted by Crippen LogP contribution is -1.99. The van der Waals surface area contributed by atoms with Gasteiger partial charge in [-0.3, -0.25) is 4.79 Å². The maximum atomic E-state index is 11.6. The fraction of sp³-hybridized carbons (Fsp3) is 0.0952. The lowest BCUT2D eigenvalue weighted by atomic mass is 10.0. The first-order valence-electron chi connectivity index (χ1n) is 8.36. The summed E-state index contributed by atoms with van der Waals surface area (Å²) in [5, 5.41) is 5.80. The van der Waals surface area contributed by atoms with E-state index in [0.717, 1.165) is 22.6 Å². The Hall–Kier alpha value is -3.67. The smallest absolute Gasteiger partial charge is 0.264 e. The third-order valence-corrected chi connectivity index (χ3v) is 4.22. The SMILES string of the molecule is COc1ccccc1-c1noc(COc2ccc3ccccc3c2C=O)n1. The second-order valence-corrected chi connectivity index (χ2v) is 5.82. The van der Waals surface area contributed by atoms with Gasteiger partial charge in [0.05, 0.1) is 18.2 Å². The quantitative estimate of drug-likeness (QED) is 0.478. The highest BCUT2D eigenvalue weighted by Crippen LogP contribution is 2.29. The molecule has 0 N–H and O–H groups in total. The standard InChI is InChI=1S/C21H16N2O4/c1-25-18-9-5-4-8-16(18)21-22-20(27-23-21)13-26-19-11-10-14-6-2-3-7-15(14)17(19)12-24/h2-12H,13H2,1H3. The molecule has 0 fully saturated rings. The second kappa shape index (κ2) is 7.29. The number of aldehydes is 1. The van der Waals surface area contributed by atoms with Crippen molar-refractivity contribution in [2.24, 2.45) is 0 Å².